The van der Waals surface area contributed by atoms with Crippen LogP contribution in [0.15, 0.2) is 22.6 Å². The quantitative estimate of drug-likeness (QED) is 0.913. The van der Waals surface area contributed by atoms with E-state index in [0.29, 0.717) is 17.9 Å². The molecule has 0 saturated carbocycles. The van der Waals surface area contributed by atoms with Gasteiger partial charge in [-0.2, -0.15) is 0 Å². The maximum atomic E-state index is 13.4. The Balaban J connectivity index is 2.18. The molecule has 0 bridgehead atoms. The zero-order valence-corrected chi connectivity index (χ0v) is 12.3. The number of hydrogen-bond acceptors (Lipinski definition) is 4. The Morgan fingerprint density at radius 3 is 2.76 bits per heavy atom. The fourth-order valence-corrected chi connectivity index (χ4v) is 2.07. The number of nitrogens with zero attached hydrogens (tertiary/aromatic N) is 2. The molecular formula is C14H14ClFN2O3. The number of carbonyl (C=O) groups is 1. The first kappa shape index (κ1) is 15.4. The molecule has 5 nitrogen and oxygen atoms in total. The summed E-state index contributed by atoms with van der Waals surface area (Å²) in [7, 11) is 0. The van der Waals surface area contributed by atoms with E-state index in [9.17, 15) is 9.18 Å². The highest BCUT2D eigenvalue weighted by Crippen LogP contribution is 2.28. The van der Waals surface area contributed by atoms with Gasteiger partial charge in [0.25, 0.3) is 0 Å². The molecule has 2 aromatic rings. The van der Waals surface area contributed by atoms with Gasteiger partial charge >= 0.3 is 5.97 Å². The highest BCUT2D eigenvalue weighted by atomic mass is 35.5. The number of aliphatic carboxylic acids is 1. The first-order chi connectivity index (χ1) is 9.77. The second-order valence-corrected chi connectivity index (χ2v) is 5.95. The first-order valence-electron chi connectivity index (χ1n) is 6.26. The van der Waals surface area contributed by atoms with E-state index in [1.54, 1.807) is 19.9 Å². The van der Waals surface area contributed by atoms with E-state index in [4.69, 9.17) is 21.1 Å². The predicted octanol–water partition coefficient (Wildman–Crippen LogP) is 3.57. The summed E-state index contributed by atoms with van der Waals surface area (Å²) < 4.78 is 18.9. The van der Waals surface area contributed by atoms with Crippen molar-refractivity contribution in [3.05, 3.63) is 34.9 Å². The van der Waals surface area contributed by atoms with Crippen LogP contribution in [-0.4, -0.2) is 21.3 Å². The van der Waals surface area contributed by atoms with Crippen molar-refractivity contribution < 1.29 is 18.7 Å². The minimum absolute atomic E-state index is 0.0136. The Morgan fingerprint density at radius 2 is 2.14 bits per heavy atom. The fraction of sp³-hybridized carbons (Fsp3) is 0.357. The van der Waals surface area contributed by atoms with Crippen molar-refractivity contribution in [3.63, 3.8) is 0 Å². The standard InChI is InChI=1S/C14H14ClFN2O3/c1-14(2,7-12(19)20)6-11-17-18-13(21-11)8-3-4-9(15)10(16)5-8/h3-5H,6-7H2,1-2H3,(H,19,20). The van der Waals surface area contributed by atoms with E-state index in [1.807, 2.05) is 0 Å². The molecule has 0 unspecified atom stereocenters. The Bertz CT molecular complexity index is 670. The third kappa shape index (κ3) is 4.01. The third-order valence-electron chi connectivity index (χ3n) is 2.89. The minimum Gasteiger partial charge on any atom is -0.481 e. The Morgan fingerprint density at radius 1 is 1.43 bits per heavy atom. The maximum absolute atomic E-state index is 13.4. The van der Waals surface area contributed by atoms with Crippen LogP contribution in [0.5, 0.6) is 0 Å². The summed E-state index contributed by atoms with van der Waals surface area (Å²) in [5.74, 6) is -0.974. The molecule has 1 heterocycles. The predicted molar refractivity (Wildman–Crippen MR) is 74.4 cm³/mol. The molecule has 0 aliphatic heterocycles. The zero-order valence-electron chi connectivity index (χ0n) is 11.6. The number of benzene rings is 1. The Kier molecular flexibility index (Phi) is 4.27. The van der Waals surface area contributed by atoms with Crippen LogP contribution < -0.4 is 0 Å². The second kappa shape index (κ2) is 5.81. The van der Waals surface area contributed by atoms with Crippen LogP contribution in [0.4, 0.5) is 4.39 Å². The van der Waals surface area contributed by atoms with Crippen LogP contribution in [0.3, 0.4) is 0 Å². The van der Waals surface area contributed by atoms with Crippen LogP contribution in [-0.2, 0) is 11.2 Å². The molecule has 0 atom stereocenters. The summed E-state index contributed by atoms with van der Waals surface area (Å²) in [6.07, 6.45) is 0.308. The molecule has 0 radical (unpaired) electrons. The van der Waals surface area contributed by atoms with Crippen molar-refractivity contribution in [2.45, 2.75) is 26.7 Å². The molecule has 0 amide bonds. The Labute approximate surface area is 125 Å². The average Bonchev–Trinajstić information content (AvgIpc) is 2.78. The summed E-state index contributed by atoms with van der Waals surface area (Å²) in [5, 5.41) is 16.6. The molecular weight excluding hydrogens is 299 g/mol. The van der Waals surface area contributed by atoms with Crippen molar-refractivity contribution in [1.82, 2.24) is 10.2 Å². The average molecular weight is 313 g/mol. The molecule has 1 aromatic carbocycles. The van der Waals surface area contributed by atoms with Gasteiger partial charge in [-0.05, 0) is 23.6 Å². The lowest BCUT2D eigenvalue weighted by molar-refractivity contribution is -0.139. The number of carboxylic acids is 1. The van der Waals surface area contributed by atoms with Gasteiger partial charge in [0.15, 0.2) is 0 Å². The zero-order chi connectivity index (χ0) is 15.6. The van der Waals surface area contributed by atoms with Gasteiger partial charge in [-0.3, -0.25) is 4.79 Å². The molecule has 0 fully saturated rings. The number of rotatable bonds is 5. The topological polar surface area (TPSA) is 76.2 Å². The lowest BCUT2D eigenvalue weighted by Gasteiger charge is -2.19. The summed E-state index contributed by atoms with van der Waals surface area (Å²) in [6, 6.07) is 4.19. The van der Waals surface area contributed by atoms with Crippen LogP contribution in [0.2, 0.25) is 5.02 Å². The van der Waals surface area contributed by atoms with Crippen LogP contribution in [0.1, 0.15) is 26.2 Å². The smallest absolute Gasteiger partial charge is 0.303 e. The van der Waals surface area contributed by atoms with Crippen LogP contribution >= 0.6 is 11.6 Å². The first-order valence-corrected chi connectivity index (χ1v) is 6.64. The van der Waals surface area contributed by atoms with E-state index >= 15 is 0 Å². The third-order valence-corrected chi connectivity index (χ3v) is 3.20. The van der Waals surface area contributed by atoms with Gasteiger partial charge in [-0.15, -0.1) is 10.2 Å². The molecule has 2 rings (SSSR count). The Hall–Kier alpha value is -1.95. The van der Waals surface area contributed by atoms with E-state index in [2.05, 4.69) is 10.2 Å². The van der Waals surface area contributed by atoms with Crippen molar-refractivity contribution >= 4 is 17.6 Å². The highest BCUT2D eigenvalue weighted by molar-refractivity contribution is 6.30. The van der Waals surface area contributed by atoms with Crippen LogP contribution in [0, 0.1) is 11.2 Å². The lowest BCUT2D eigenvalue weighted by atomic mass is 9.86. The van der Waals surface area contributed by atoms with Gasteiger partial charge in [0.1, 0.15) is 5.82 Å². The SMILES string of the molecule is CC(C)(CC(=O)O)Cc1nnc(-c2ccc(Cl)c(F)c2)o1. The largest absolute Gasteiger partial charge is 0.481 e. The van der Waals surface area contributed by atoms with Gasteiger partial charge in [0.2, 0.25) is 11.8 Å². The van der Waals surface area contributed by atoms with Crippen molar-refractivity contribution in [2.24, 2.45) is 5.41 Å². The molecule has 21 heavy (non-hydrogen) atoms. The summed E-state index contributed by atoms with van der Waals surface area (Å²) >= 11 is 5.61. The number of halogens is 2. The lowest BCUT2D eigenvalue weighted by Crippen LogP contribution is -2.19. The van der Waals surface area contributed by atoms with Gasteiger partial charge in [0, 0.05) is 12.0 Å². The maximum Gasteiger partial charge on any atom is 0.303 e. The number of hydrogen-bond donors (Lipinski definition) is 1. The molecule has 0 aliphatic rings. The van der Waals surface area contributed by atoms with Crippen molar-refractivity contribution in [1.29, 1.82) is 0 Å². The van der Waals surface area contributed by atoms with E-state index in [0.717, 1.165) is 0 Å². The van der Waals surface area contributed by atoms with E-state index in [1.165, 1.54) is 12.1 Å². The second-order valence-electron chi connectivity index (χ2n) is 5.54. The van der Waals surface area contributed by atoms with Gasteiger partial charge in [0.05, 0.1) is 11.4 Å². The monoisotopic (exact) mass is 312 g/mol. The van der Waals surface area contributed by atoms with E-state index < -0.39 is 17.2 Å². The minimum atomic E-state index is -0.889. The number of carboxylic acid groups (broad SMARTS) is 1. The molecule has 1 N–H and O–H groups in total. The summed E-state index contributed by atoms with van der Waals surface area (Å²) in [5.41, 5.74) is -0.0902. The molecule has 1 aromatic heterocycles. The molecule has 0 aliphatic carbocycles. The molecule has 0 spiro atoms. The number of aromatic nitrogens is 2. The summed E-state index contributed by atoms with van der Waals surface area (Å²) in [6.45, 7) is 3.60. The fourth-order valence-electron chi connectivity index (χ4n) is 1.95. The summed E-state index contributed by atoms with van der Waals surface area (Å²) in [4.78, 5) is 10.8. The van der Waals surface area contributed by atoms with Gasteiger partial charge in [-0.25, -0.2) is 4.39 Å². The molecule has 112 valence electrons. The van der Waals surface area contributed by atoms with Crippen molar-refractivity contribution in [3.8, 4) is 11.5 Å². The molecule has 0 saturated heterocycles. The van der Waals surface area contributed by atoms with Crippen molar-refractivity contribution in [2.75, 3.05) is 0 Å². The highest BCUT2D eigenvalue weighted by Gasteiger charge is 2.25. The van der Waals surface area contributed by atoms with Gasteiger partial charge in [-0.1, -0.05) is 25.4 Å². The van der Waals surface area contributed by atoms with Gasteiger partial charge < -0.3 is 9.52 Å². The van der Waals surface area contributed by atoms with E-state index in [-0.39, 0.29) is 17.3 Å². The normalized spacial score (nSPS) is 11.6. The van der Waals surface area contributed by atoms with Crippen LogP contribution in [0.25, 0.3) is 11.5 Å². The molecule has 7 heteroatoms.